The minimum atomic E-state index is -0.211. The van der Waals surface area contributed by atoms with Crippen LogP contribution in [-0.2, 0) is 14.3 Å². The van der Waals surface area contributed by atoms with Gasteiger partial charge in [0.1, 0.15) is 5.82 Å². The van der Waals surface area contributed by atoms with Gasteiger partial charge in [-0.15, -0.1) is 0 Å². The van der Waals surface area contributed by atoms with E-state index < -0.39 is 0 Å². The van der Waals surface area contributed by atoms with Crippen molar-refractivity contribution in [3.05, 3.63) is 24.4 Å². The van der Waals surface area contributed by atoms with Crippen LogP contribution >= 0.6 is 0 Å². The molecule has 1 amide bonds. The van der Waals surface area contributed by atoms with Gasteiger partial charge in [0.05, 0.1) is 13.5 Å². The van der Waals surface area contributed by atoms with Gasteiger partial charge in [0.15, 0.2) is 0 Å². The highest BCUT2D eigenvalue weighted by Gasteiger charge is 2.30. The third-order valence-corrected chi connectivity index (χ3v) is 5.30. The number of amides is 1. The van der Waals surface area contributed by atoms with Crippen molar-refractivity contribution in [2.24, 2.45) is 5.92 Å². The van der Waals surface area contributed by atoms with E-state index >= 15 is 0 Å². The molecule has 0 atom stereocenters. The Morgan fingerprint density at radius 1 is 1.15 bits per heavy atom. The van der Waals surface area contributed by atoms with Crippen molar-refractivity contribution in [2.75, 3.05) is 57.8 Å². The number of esters is 1. The molecule has 0 spiro atoms. The molecule has 2 aliphatic heterocycles. The summed E-state index contributed by atoms with van der Waals surface area (Å²) in [7, 11) is 1.40. The molecule has 0 radical (unpaired) electrons. The van der Waals surface area contributed by atoms with Crippen LogP contribution in [0.2, 0.25) is 0 Å². The summed E-state index contributed by atoms with van der Waals surface area (Å²) in [5, 5.41) is 2.10. The fraction of sp³-hybridized carbons (Fsp3) is 0.632. The lowest BCUT2D eigenvalue weighted by Gasteiger charge is -2.39. The van der Waals surface area contributed by atoms with Crippen LogP contribution < -0.4 is 10.3 Å². The summed E-state index contributed by atoms with van der Waals surface area (Å²) < 4.78 is 4.64. The average Bonchev–Trinajstić information content (AvgIpc) is 2.74. The van der Waals surface area contributed by atoms with Gasteiger partial charge in [0, 0.05) is 57.9 Å². The van der Waals surface area contributed by atoms with Crippen molar-refractivity contribution in [1.82, 2.24) is 20.3 Å². The molecule has 1 aromatic heterocycles. The zero-order chi connectivity index (χ0) is 19.1. The number of pyridine rings is 1. The number of nitrogens with one attached hydrogen (secondary N) is 1. The molecule has 1 N–H and O–H groups in total. The molecule has 2 saturated heterocycles. The minimum absolute atomic E-state index is 0.102. The molecule has 2 aliphatic rings. The van der Waals surface area contributed by atoms with Gasteiger partial charge >= 0.3 is 5.97 Å². The lowest BCUT2D eigenvalue weighted by atomic mass is 9.96. The van der Waals surface area contributed by atoms with Crippen LogP contribution in [0.5, 0.6) is 0 Å². The van der Waals surface area contributed by atoms with Crippen LogP contribution in [0.1, 0.15) is 19.3 Å². The third-order valence-electron chi connectivity index (χ3n) is 5.30. The molecule has 148 valence electrons. The third kappa shape index (κ3) is 5.40. The van der Waals surface area contributed by atoms with Crippen molar-refractivity contribution in [3.63, 3.8) is 0 Å². The molecule has 0 saturated carbocycles. The van der Waals surface area contributed by atoms with Crippen molar-refractivity contribution in [2.45, 2.75) is 19.3 Å². The lowest BCUT2D eigenvalue weighted by Crippen LogP contribution is -2.52. The van der Waals surface area contributed by atoms with E-state index in [2.05, 4.69) is 25.1 Å². The number of aromatic nitrogens is 1. The van der Waals surface area contributed by atoms with Crippen LogP contribution in [0.15, 0.2) is 24.4 Å². The van der Waals surface area contributed by atoms with Gasteiger partial charge in [-0.2, -0.15) is 0 Å². The Kier molecular flexibility index (Phi) is 7.00. The smallest absolute Gasteiger partial charge is 0.306 e. The molecule has 0 aromatic carbocycles. The lowest BCUT2D eigenvalue weighted by molar-refractivity contribution is -0.140. The van der Waals surface area contributed by atoms with Crippen molar-refractivity contribution in [1.29, 1.82) is 0 Å². The molecule has 1 aromatic rings. The van der Waals surface area contributed by atoms with Crippen LogP contribution in [0.4, 0.5) is 5.82 Å². The first-order valence-electron chi connectivity index (χ1n) is 9.67. The first kappa shape index (κ1) is 19.6. The van der Waals surface area contributed by atoms with Crippen LogP contribution in [0.3, 0.4) is 0 Å². The van der Waals surface area contributed by atoms with Gasteiger partial charge < -0.3 is 14.5 Å². The quantitative estimate of drug-likeness (QED) is 0.726. The zero-order valence-corrected chi connectivity index (χ0v) is 16.0. The Labute approximate surface area is 160 Å². The van der Waals surface area contributed by atoms with Gasteiger partial charge in [-0.1, -0.05) is 6.07 Å². The number of piperazine rings is 1. The Hall–Kier alpha value is -2.19. The summed E-state index contributed by atoms with van der Waals surface area (Å²) in [4.78, 5) is 32.6. The van der Waals surface area contributed by atoms with Gasteiger partial charge in [0.25, 0.3) is 0 Å². The summed E-state index contributed by atoms with van der Waals surface area (Å²) in [5.41, 5.74) is 3.24. The van der Waals surface area contributed by atoms with Crippen molar-refractivity contribution >= 4 is 17.7 Å². The Morgan fingerprint density at radius 3 is 2.52 bits per heavy atom. The summed E-state index contributed by atoms with van der Waals surface area (Å²) in [6.07, 6.45) is 3.87. The standard InChI is InChI=1S/C19H29N5O3/c1-27-18(25)5-9-21-24-10-6-16(7-11-24)19(26)23-14-12-22(13-15-23)17-4-2-3-8-20-17/h2-4,8,16,21H,5-7,9-15H2,1H3. The largest absolute Gasteiger partial charge is 0.469 e. The fourth-order valence-corrected chi connectivity index (χ4v) is 3.66. The predicted molar refractivity (Wildman–Crippen MR) is 102 cm³/mol. The second kappa shape index (κ2) is 9.66. The molecule has 0 aliphatic carbocycles. The van der Waals surface area contributed by atoms with E-state index in [-0.39, 0.29) is 17.8 Å². The van der Waals surface area contributed by atoms with E-state index in [1.807, 2.05) is 23.1 Å². The number of hydrazine groups is 1. The number of piperidine rings is 1. The molecule has 2 fully saturated rings. The van der Waals surface area contributed by atoms with E-state index in [4.69, 9.17) is 0 Å². The molecule has 3 heterocycles. The number of hydrogen-bond acceptors (Lipinski definition) is 7. The van der Waals surface area contributed by atoms with E-state index in [0.717, 1.165) is 57.9 Å². The highest BCUT2D eigenvalue weighted by atomic mass is 16.5. The summed E-state index contributed by atoms with van der Waals surface area (Å²) in [6.45, 7) is 5.39. The van der Waals surface area contributed by atoms with Crippen LogP contribution in [0.25, 0.3) is 0 Å². The predicted octanol–water partition coefficient (Wildman–Crippen LogP) is 0.510. The van der Waals surface area contributed by atoms with Gasteiger partial charge in [-0.3, -0.25) is 15.0 Å². The maximum Gasteiger partial charge on any atom is 0.306 e. The average molecular weight is 375 g/mol. The van der Waals surface area contributed by atoms with E-state index in [0.29, 0.717) is 13.0 Å². The van der Waals surface area contributed by atoms with Crippen LogP contribution in [0, 0.1) is 5.92 Å². The number of hydrogen-bond donors (Lipinski definition) is 1. The normalized spacial score (nSPS) is 19.1. The second-order valence-electron chi connectivity index (χ2n) is 7.00. The SMILES string of the molecule is COC(=O)CCNN1CCC(C(=O)N2CCN(c3ccccn3)CC2)CC1. The zero-order valence-electron chi connectivity index (χ0n) is 16.0. The van der Waals surface area contributed by atoms with E-state index in [1.165, 1.54) is 7.11 Å². The highest BCUT2D eigenvalue weighted by Crippen LogP contribution is 2.20. The Morgan fingerprint density at radius 2 is 1.89 bits per heavy atom. The first-order valence-corrected chi connectivity index (χ1v) is 9.67. The number of carbonyl (C=O) groups excluding carboxylic acids is 2. The Balaban J connectivity index is 1.38. The number of ether oxygens (including phenoxy) is 1. The number of nitrogens with zero attached hydrogens (tertiary/aromatic N) is 4. The van der Waals surface area contributed by atoms with Crippen molar-refractivity contribution < 1.29 is 14.3 Å². The van der Waals surface area contributed by atoms with Crippen LogP contribution in [-0.4, -0.2) is 79.7 Å². The van der Waals surface area contributed by atoms with E-state index in [9.17, 15) is 9.59 Å². The number of rotatable bonds is 6. The van der Waals surface area contributed by atoms with Crippen molar-refractivity contribution in [3.8, 4) is 0 Å². The maximum atomic E-state index is 12.8. The molecular formula is C19H29N5O3. The summed E-state index contributed by atoms with van der Waals surface area (Å²) >= 11 is 0. The monoisotopic (exact) mass is 375 g/mol. The second-order valence-corrected chi connectivity index (χ2v) is 7.00. The highest BCUT2D eigenvalue weighted by molar-refractivity contribution is 5.79. The Bertz CT molecular complexity index is 611. The topological polar surface area (TPSA) is 78.0 Å². The molecule has 3 rings (SSSR count). The number of methoxy groups -OCH3 is 1. The van der Waals surface area contributed by atoms with E-state index in [1.54, 1.807) is 6.20 Å². The van der Waals surface area contributed by atoms with Gasteiger partial charge in [0.2, 0.25) is 5.91 Å². The number of carbonyl (C=O) groups is 2. The number of anilines is 1. The molecule has 0 unspecified atom stereocenters. The minimum Gasteiger partial charge on any atom is -0.469 e. The summed E-state index contributed by atoms with van der Waals surface area (Å²) in [6, 6.07) is 5.92. The first-order chi connectivity index (χ1) is 13.2. The van der Waals surface area contributed by atoms with Gasteiger partial charge in [-0.25, -0.2) is 9.99 Å². The molecule has 27 heavy (non-hydrogen) atoms. The fourth-order valence-electron chi connectivity index (χ4n) is 3.66. The molecule has 8 nitrogen and oxygen atoms in total. The molecule has 8 heteroatoms. The molecular weight excluding hydrogens is 346 g/mol. The summed E-state index contributed by atoms with van der Waals surface area (Å²) in [5.74, 6) is 1.16. The maximum absolute atomic E-state index is 12.8. The molecule has 0 bridgehead atoms. The van der Waals surface area contributed by atoms with Gasteiger partial charge in [-0.05, 0) is 25.0 Å².